The van der Waals surface area contributed by atoms with Gasteiger partial charge in [0.2, 0.25) is 5.78 Å². The molecule has 2 rings (SSSR count). The quantitative estimate of drug-likeness (QED) is 0.632. The van der Waals surface area contributed by atoms with Crippen LogP contribution in [0.4, 0.5) is 0 Å². The molecule has 1 aromatic heterocycles. The van der Waals surface area contributed by atoms with E-state index in [9.17, 15) is 4.79 Å². The number of rotatable bonds is 2. The molecule has 0 amide bonds. The Morgan fingerprint density at radius 3 is 2.83 bits per heavy atom. The maximum absolute atomic E-state index is 11.5. The predicted octanol–water partition coefficient (Wildman–Crippen LogP) is 0.0941. The first kappa shape index (κ1) is 7.49. The van der Waals surface area contributed by atoms with Crippen molar-refractivity contribution < 1.29 is 4.79 Å². The zero-order chi connectivity index (χ0) is 8.77. The number of hydrogen-bond donors (Lipinski definition) is 1. The molecule has 1 aliphatic rings. The van der Waals surface area contributed by atoms with Crippen LogP contribution in [0.1, 0.15) is 23.3 Å². The smallest absolute Gasteiger partial charge is 0.202 e. The van der Waals surface area contributed by atoms with Gasteiger partial charge < -0.3 is 5.73 Å². The van der Waals surface area contributed by atoms with Crippen LogP contribution in [0.5, 0.6) is 0 Å². The molecule has 0 atom stereocenters. The third-order valence-electron chi connectivity index (χ3n) is 2.19. The van der Waals surface area contributed by atoms with Gasteiger partial charge in [-0.2, -0.15) is 5.10 Å². The number of aryl methyl sites for hydroxylation is 1. The van der Waals surface area contributed by atoms with Crippen molar-refractivity contribution >= 4 is 5.78 Å². The first-order chi connectivity index (χ1) is 5.62. The molecule has 0 bridgehead atoms. The Hall–Kier alpha value is -1.16. The summed E-state index contributed by atoms with van der Waals surface area (Å²) in [5, 5.41) is 4.00. The number of carbonyl (C=O) groups excluding carboxylic acids is 1. The van der Waals surface area contributed by atoms with E-state index in [2.05, 4.69) is 5.10 Å². The molecule has 4 heteroatoms. The van der Waals surface area contributed by atoms with E-state index in [4.69, 9.17) is 5.73 Å². The van der Waals surface area contributed by atoms with Crippen molar-refractivity contribution in [1.82, 2.24) is 9.78 Å². The van der Waals surface area contributed by atoms with Crippen LogP contribution in [-0.2, 0) is 7.05 Å². The second-order valence-corrected chi connectivity index (χ2v) is 3.36. The highest BCUT2D eigenvalue weighted by molar-refractivity contribution is 6.03. The van der Waals surface area contributed by atoms with Gasteiger partial charge in [-0.1, -0.05) is 0 Å². The third kappa shape index (κ3) is 1.04. The van der Waals surface area contributed by atoms with E-state index in [1.54, 1.807) is 24.0 Å². The summed E-state index contributed by atoms with van der Waals surface area (Å²) in [6, 6.07) is 1.70. The minimum Gasteiger partial charge on any atom is -0.319 e. The fourth-order valence-corrected chi connectivity index (χ4v) is 1.15. The van der Waals surface area contributed by atoms with Gasteiger partial charge in [-0.3, -0.25) is 9.48 Å². The lowest BCUT2D eigenvalue weighted by Crippen LogP contribution is -2.33. The summed E-state index contributed by atoms with van der Waals surface area (Å²) < 4.78 is 1.61. The Balaban J connectivity index is 2.25. The van der Waals surface area contributed by atoms with Crippen molar-refractivity contribution in [3.63, 3.8) is 0 Å². The molecule has 1 fully saturated rings. The Morgan fingerprint density at radius 1 is 1.75 bits per heavy atom. The topological polar surface area (TPSA) is 60.9 Å². The molecule has 2 N–H and O–H groups in total. The highest BCUT2D eigenvalue weighted by Gasteiger charge is 2.46. The lowest BCUT2D eigenvalue weighted by molar-refractivity contribution is 0.0943. The molecule has 4 nitrogen and oxygen atoms in total. The fraction of sp³-hybridized carbons (Fsp3) is 0.500. The van der Waals surface area contributed by atoms with Gasteiger partial charge in [0, 0.05) is 13.2 Å². The molecule has 0 saturated heterocycles. The van der Waals surface area contributed by atoms with E-state index < -0.39 is 5.54 Å². The van der Waals surface area contributed by atoms with Gasteiger partial charge >= 0.3 is 0 Å². The molecular formula is C8H11N3O. The molecule has 1 saturated carbocycles. The number of nitrogens with zero attached hydrogens (tertiary/aromatic N) is 2. The Labute approximate surface area is 70.4 Å². The van der Waals surface area contributed by atoms with Gasteiger partial charge in [0.05, 0.1) is 5.54 Å². The molecule has 0 aromatic carbocycles. The Morgan fingerprint density at radius 2 is 2.42 bits per heavy atom. The van der Waals surface area contributed by atoms with Crippen molar-refractivity contribution in [2.24, 2.45) is 12.8 Å². The van der Waals surface area contributed by atoms with E-state index in [0.717, 1.165) is 12.8 Å². The third-order valence-corrected chi connectivity index (χ3v) is 2.19. The van der Waals surface area contributed by atoms with Gasteiger partial charge in [-0.25, -0.2) is 0 Å². The molecule has 12 heavy (non-hydrogen) atoms. The average molecular weight is 165 g/mol. The summed E-state index contributed by atoms with van der Waals surface area (Å²) in [5.41, 5.74) is 5.63. The summed E-state index contributed by atoms with van der Waals surface area (Å²) in [6.45, 7) is 0. The van der Waals surface area contributed by atoms with Gasteiger partial charge in [0.25, 0.3) is 0 Å². The number of hydrogen-bond acceptors (Lipinski definition) is 3. The fourth-order valence-electron chi connectivity index (χ4n) is 1.15. The van der Waals surface area contributed by atoms with Crippen LogP contribution in [0.15, 0.2) is 12.3 Å². The van der Waals surface area contributed by atoms with E-state index in [-0.39, 0.29) is 5.78 Å². The molecule has 0 unspecified atom stereocenters. The van der Waals surface area contributed by atoms with Crippen LogP contribution in [0.25, 0.3) is 0 Å². The van der Waals surface area contributed by atoms with E-state index in [0.29, 0.717) is 5.69 Å². The molecule has 1 heterocycles. The normalized spacial score (nSPS) is 19.2. The minimum atomic E-state index is -0.589. The van der Waals surface area contributed by atoms with Crippen molar-refractivity contribution in [1.29, 1.82) is 0 Å². The number of nitrogens with two attached hydrogens (primary N) is 1. The lowest BCUT2D eigenvalue weighted by Gasteiger charge is -2.02. The number of carbonyl (C=O) groups is 1. The minimum absolute atomic E-state index is 0.0249. The number of aromatic nitrogens is 2. The van der Waals surface area contributed by atoms with Crippen LogP contribution >= 0.6 is 0 Å². The van der Waals surface area contributed by atoms with Crippen LogP contribution in [0, 0.1) is 0 Å². The maximum Gasteiger partial charge on any atom is 0.202 e. The molecule has 1 aliphatic carbocycles. The van der Waals surface area contributed by atoms with Gasteiger partial charge in [-0.15, -0.1) is 0 Å². The number of ketones is 1. The standard InChI is InChI=1S/C8H11N3O/c1-11-5-2-6(10-11)7(12)8(9)3-4-8/h2,5H,3-4,9H2,1H3. The van der Waals surface area contributed by atoms with Crippen LogP contribution in [0.3, 0.4) is 0 Å². The van der Waals surface area contributed by atoms with Gasteiger partial charge in [-0.05, 0) is 18.9 Å². The van der Waals surface area contributed by atoms with E-state index in [1.807, 2.05) is 0 Å². The maximum atomic E-state index is 11.5. The summed E-state index contributed by atoms with van der Waals surface area (Å²) in [5.74, 6) is -0.0249. The summed E-state index contributed by atoms with van der Waals surface area (Å²) in [6.07, 6.45) is 3.34. The second-order valence-electron chi connectivity index (χ2n) is 3.36. The Kier molecular flexibility index (Phi) is 1.35. The van der Waals surface area contributed by atoms with E-state index in [1.165, 1.54) is 0 Å². The Bertz CT molecular complexity index is 325. The molecule has 0 spiro atoms. The largest absolute Gasteiger partial charge is 0.319 e. The van der Waals surface area contributed by atoms with Crippen molar-refractivity contribution in [2.75, 3.05) is 0 Å². The van der Waals surface area contributed by atoms with Gasteiger partial charge in [0.1, 0.15) is 5.69 Å². The van der Waals surface area contributed by atoms with Crippen molar-refractivity contribution in [3.05, 3.63) is 18.0 Å². The molecule has 1 aromatic rings. The SMILES string of the molecule is Cn1ccc(C(=O)C2(N)CC2)n1. The molecule has 64 valence electrons. The first-order valence-corrected chi connectivity index (χ1v) is 3.95. The highest BCUT2D eigenvalue weighted by atomic mass is 16.1. The van der Waals surface area contributed by atoms with Crippen molar-refractivity contribution in [2.45, 2.75) is 18.4 Å². The average Bonchev–Trinajstić information content (AvgIpc) is 2.62. The van der Waals surface area contributed by atoms with Gasteiger partial charge in [0.15, 0.2) is 0 Å². The van der Waals surface area contributed by atoms with E-state index >= 15 is 0 Å². The lowest BCUT2D eigenvalue weighted by atomic mass is 10.1. The van der Waals surface area contributed by atoms with Crippen LogP contribution in [0.2, 0.25) is 0 Å². The summed E-state index contributed by atoms with van der Waals surface area (Å²) in [7, 11) is 1.78. The predicted molar refractivity (Wildman–Crippen MR) is 43.7 cm³/mol. The zero-order valence-electron chi connectivity index (χ0n) is 6.95. The molecular weight excluding hydrogens is 154 g/mol. The highest BCUT2D eigenvalue weighted by Crippen LogP contribution is 2.34. The molecule has 0 radical (unpaired) electrons. The van der Waals surface area contributed by atoms with Crippen molar-refractivity contribution in [3.8, 4) is 0 Å². The summed E-state index contributed by atoms with van der Waals surface area (Å²) >= 11 is 0. The number of Topliss-reactive ketones (excluding diaryl/α,β-unsaturated/α-hetero) is 1. The zero-order valence-corrected chi connectivity index (χ0v) is 6.95. The summed E-state index contributed by atoms with van der Waals surface area (Å²) in [4.78, 5) is 11.5. The second kappa shape index (κ2) is 2.17. The first-order valence-electron chi connectivity index (χ1n) is 3.95. The monoisotopic (exact) mass is 165 g/mol. The molecule has 0 aliphatic heterocycles. The van der Waals surface area contributed by atoms with Crippen LogP contribution in [-0.4, -0.2) is 21.1 Å². The van der Waals surface area contributed by atoms with Crippen LogP contribution < -0.4 is 5.73 Å².